The molecule has 0 saturated carbocycles. The fourth-order valence-corrected chi connectivity index (χ4v) is 2.45. The molecule has 0 bridgehead atoms. The molecule has 122 valence electrons. The van der Waals surface area contributed by atoms with Crippen LogP contribution in [-0.2, 0) is 9.47 Å². The molecule has 0 aromatic carbocycles. The Morgan fingerprint density at radius 3 is 2.64 bits per heavy atom. The Kier molecular flexibility index (Phi) is 5.66. The zero-order chi connectivity index (χ0) is 16.3. The number of ether oxygens (including phenoxy) is 2. The maximum Gasteiger partial charge on any atom is 0.187 e. The van der Waals surface area contributed by atoms with Crippen LogP contribution in [0.15, 0.2) is 23.8 Å². The van der Waals surface area contributed by atoms with E-state index < -0.39 is 49.5 Å². The van der Waals surface area contributed by atoms with Crippen molar-refractivity contribution in [1.29, 1.82) is 5.26 Å². The Morgan fingerprint density at radius 1 is 1.27 bits per heavy atom. The minimum absolute atomic E-state index is 0.152. The summed E-state index contributed by atoms with van der Waals surface area (Å²) in [7, 11) is 0. The molecule has 7 atom stereocenters. The first kappa shape index (κ1) is 17.1. The molecule has 22 heavy (non-hydrogen) atoms. The van der Waals surface area contributed by atoms with Crippen molar-refractivity contribution in [1.82, 2.24) is 0 Å². The van der Waals surface area contributed by atoms with Gasteiger partial charge in [0.1, 0.15) is 24.4 Å². The van der Waals surface area contributed by atoms with Gasteiger partial charge in [-0.3, -0.25) is 0 Å². The van der Waals surface area contributed by atoms with Crippen LogP contribution in [0.4, 0.5) is 0 Å². The summed E-state index contributed by atoms with van der Waals surface area (Å²) in [6, 6.07) is 1.86. The van der Waals surface area contributed by atoms with Crippen molar-refractivity contribution in [3.05, 3.63) is 23.8 Å². The van der Waals surface area contributed by atoms with Crippen LogP contribution in [0.2, 0.25) is 0 Å². The predicted molar refractivity (Wildman–Crippen MR) is 72.1 cm³/mol. The van der Waals surface area contributed by atoms with Crippen molar-refractivity contribution < 1.29 is 35.0 Å². The van der Waals surface area contributed by atoms with Crippen LogP contribution in [0.3, 0.4) is 0 Å². The Balaban J connectivity index is 2.12. The van der Waals surface area contributed by atoms with Crippen LogP contribution in [0.1, 0.15) is 6.42 Å². The van der Waals surface area contributed by atoms with E-state index in [2.05, 4.69) is 0 Å². The number of nitriles is 1. The largest absolute Gasteiger partial charge is 0.394 e. The second-order valence-electron chi connectivity index (χ2n) is 5.26. The van der Waals surface area contributed by atoms with E-state index in [4.69, 9.17) is 19.8 Å². The van der Waals surface area contributed by atoms with E-state index in [9.17, 15) is 20.4 Å². The quantitative estimate of drug-likeness (QED) is 0.374. The molecule has 2 aliphatic rings. The standard InChI is InChI=1S/C14H19NO7/c15-4-3-7-1-2-8(17)5-9(7)21-14-13(20)12(19)11(18)10(6-16)22-14/h1-3,8-14,16-20H,5-6H2/b7-3-/t8-,9-,10-,11-,12+,13-,14-/m1/s1. The third-order valence-corrected chi connectivity index (χ3v) is 3.72. The number of aliphatic hydroxyl groups excluding tert-OH is 5. The van der Waals surface area contributed by atoms with Crippen LogP contribution in [0.25, 0.3) is 0 Å². The molecule has 8 nitrogen and oxygen atoms in total. The highest BCUT2D eigenvalue weighted by Gasteiger charge is 2.45. The SMILES string of the molecule is N#C/C=C1/C=C[C@@H](O)C[C@H]1O[C@@H]1O[C@H](CO)[C@@H](O)[C@H](O)[C@H]1O. The number of rotatable bonds is 3. The average Bonchev–Trinajstić information content (AvgIpc) is 2.50. The summed E-state index contributed by atoms with van der Waals surface area (Å²) in [5.41, 5.74) is 0.491. The Labute approximate surface area is 127 Å². The first-order valence-electron chi connectivity index (χ1n) is 6.89. The first-order valence-corrected chi connectivity index (χ1v) is 6.89. The van der Waals surface area contributed by atoms with Crippen LogP contribution < -0.4 is 0 Å². The van der Waals surface area contributed by atoms with Crippen molar-refractivity contribution in [2.45, 2.75) is 49.3 Å². The minimum Gasteiger partial charge on any atom is -0.394 e. The van der Waals surface area contributed by atoms with Gasteiger partial charge in [0.05, 0.1) is 24.9 Å². The summed E-state index contributed by atoms with van der Waals surface area (Å²) in [4.78, 5) is 0. The van der Waals surface area contributed by atoms with E-state index in [-0.39, 0.29) is 6.42 Å². The summed E-state index contributed by atoms with van der Waals surface area (Å²) < 4.78 is 10.8. The van der Waals surface area contributed by atoms with Gasteiger partial charge >= 0.3 is 0 Å². The molecule has 0 spiro atoms. The molecule has 8 heteroatoms. The first-order chi connectivity index (χ1) is 10.5. The average molecular weight is 313 g/mol. The Bertz CT molecular complexity index is 484. The fourth-order valence-electron chi connectivity index (χ4n) is 2.45. The number of allylic oxidation sites excluding steroid dienone is 1. The van der Waals surface area contributed by atoms with Gasteiger partial charge in [0.25, 0.3) is 0 Å². The van der Waals surface area contributed by atoms with E-state index in [1.807, 2.05) is 6.07 Å². The molecule has 0 aromatic rings. The third kappa shape index (κ3) is 3.53. The summed E-state index contributed by atoms with van der Waals surface area (Å²) in [6.07, 6.45) is -3.96. The monoisotopic (exact) mass is 313 g/mol. The lowest BCUT2D eigenvalue weighted by molar-refractivity contribution is -0.309. The summed E-state index contributed by atoms with van der Waals surface area (Å²) >= 11 is 0. The second kappa shape index (κ2) is 7.30. The van der Waals surface area contributed by atoms with Crippen molar-refractivity contribution in [3.8, 4) is 6.07 Å². The Hall–Kier alpha value is -1.31. The zero-order valence-electron chi connectivity index (χ0n) is 11.7. The number of hydrogen-bond acceptors (Lipinski definition) is 8. The summed E-state index contributed by atoms with van der Waals surface area (Å²) in [6.45, 7) is -0.557. The highest BCUT2D eigenvalue weighted by molar-refractivity contribution is 5.32. The van der Waals surface area contributed by atoms with Gasteiger partial charge in [-0.1, -0.05) is 12.2 Å². The molecule has 0 aromatic heterocycles. The van der Waals surface area contributed by atoms with Crippen molar-refractivity contribution in [3.63, 3.8) is 0 Å². The van der Waals surface area contributed by atoms with Gasteiger partial charge in [0.15, 0.2) is 6.29 Å². The predicted octanol–water partition coefficient (Wildman–Crippen LogP) is -2.06. The van der Waals surface area contributed by atoms with Gasteiger partial charge in [0.2, 0.25) is 0 Å². The van der Waals surface area contributed by atoms with E-state index >= 15 is 0 Å². The zero-order valence-corrected chi connectivity index (χ0v) is 11.7. The highest BCUT2D eigenvalue weighted by atomic mass is 16.7. The van der Waals surface area contributed by atoms with Crippen LogP contribution >= 0.6 is 0 Å². The normalized spacial score (nSPS) is 44.0. The molecule has 0 unspecified atom stereocenters. The Morgan fingerprint density at radius 2 is 2.00 bits per heavy atom. The number of nitrogens with zero attached hydrogens (tertiary/aromatic N) is 1. The van der Waals surface area contributed by atoms with Gasteiger partial charge in [-0.05, 0) is 5.57 Å². The molecule has 0 amide bonds. The van der Waals surface area contributed by atoms with Crippen LogP contribution in [0.5, 0.6) is 0 Å². The lowest BCUT2D eigenvalue weighted by Gasteiger charge is -2.41. The second-order valence-corrected chi connectivity index (χ2v) is 5.26. The van der Waals surface area contributed by atoms with Gasteiger partial charge < -0.3 is 35.0 Å². The van der Waals surface area contributed by atoms with E-state index in [0.717, 1.165) is 0 Å². The van der Waals surface area contributed by atoms with Crippen LogP contribution in [0, 0.1) is 11.3 Å². The smallest absolute Gasteiger partial charge is 0.187 e. The molecule has 1 fully saturated rings. The minimum atomic E-state index is -1.54. The van der Waals surface area contributed by atoms with Crippen LogP contribution in [-0.4, -0.2) is 75.1 Å². The highest BCUT2D eigenvalue weighted by Crippen LogP contribution is 2.28. The fraction of sp³-hybridized carbons (Fsp3) is 0.643. The molecule has 5 N–H and O–H groups in total. The molecule has 2 rings (SSSR count). The number of hydrogen-bond donors (Lipinski definition) is 5. The molecule has 1 heterocycles. The summed E-state index contributed by atoms with van der Waals surface area (Å²) in [5.74, 6) is 0. The van der Waals surface area contributed by atoms with Crippen molar-refractivity contribution in [2.24, 2.45) is 0 Å². The van der Waals surface area contributed by atoms with Crippen molar-refractivity contribution >= 4 is 0 Å². The third-order valence-electron chi connectivity index (χ3n) is 3.72. The van der Waals surface area contributed by atoms with Gasteiger partial charge in [-0.2, -0.15) is 5.26 Å². The molecular formula is C14H19NO7. The van der Waals surface area contributed by atoms with Gasteiger partial charge in [-0.25, -0.2) is 0 Å². The summed E-state index contributed by atoms with van der Waals surface area (Å²) in [5, 5.41) is 56.9. The molecule has 0 radical (unpaired) electrons. The van der Waals surface area contributed by atoms with Gasteiger partial charge in [0, 0.05) is 12.5 Å². The lowest BCUT2D eigenvalue weighted by Crippen LogP contribution is -2.59. The molecular weight excluding hydrogens is 294 g/mol. The van der Waals surface area contributed by atoms with E-state index in [0.29, 0.717) is 5.57 Å². The van der Waals surface area contributed by atoms with E-state index in [1.54, 1.807) is 0 Å². The van der Waals surface area contributed by atoms with Crippen molar-refractivity contribution in [2.75, 3.05) is 6.61 Å². The molecule has 1 aliphatic heterocycles. The number of aliphatic hydroxyl groups is 5. The topological polar surface area (TPSA) is 143 Å². The molecule has 1 aliphatic carbocycles. The maximum atomic E-state index is 9.93. The lowest BCUT2D eigenvalue weighted by atomic mass is 9.95. The van der Waals surface area contributed by atoms with Gasteiger partial charge in [-0.15, -0.1) is 0 Å². The maximum absolute atomic E-state index is 9.93. The molecule has 1 saturated heterocycles. The van der Waals surface area contributed by atoms with E-state index in [1.165, 1.54) is 18.2 Å².